The van der Waals surface area contributed by atoms with E-state index in [9.17, 15) is 4.79 Å². The summed E-state index contributed by atoms with van der Waals surface area (Å²) in [5.41, 5.74) is 1.37. The summed E-state index contributed by atoms with van der Waals surface area (Å²) in [5.74, 6) is 1.43. The molecular weight excluding hydrogens is 318 g/mol. The van der Waals surface area contributed by atoms with Gasteiger partial charge in [0.1, 0.15) is 0 Å². The van der Waals surface area contributed by atoms with Crippen LogP contribution in [-0.4, -0.2) is 58.7 Å². The summed E-state index contributed by atoms with van der Waals surface area (Å²) >= 11 is 1.61. The molecule has 0 N–H and O–H groups in total. The molecule has 1 aromatic rings. The number of piperidine rings is 1. The molecule has 1 aromatic heterocycles. The molecule has 0 unspecified atom stereocenters. The first-order chi connectivity index (χ1) is 11.6. The lowest BCUT2D eigenvalue weighted by molar-refractivity contribution is -0.128. The summed E-state index contributed by atoms with van der Waals surface area (Å²) in [6, 6.07) is 4.45. The van der Waals surface area contributed by atoms with Crippen molar-refractivity contribution >= 4 is 17.7 Å². The Labute approximate surface area is 149 Å². The number of carbonyl (C=O) groups is 1. The third kappa shape index (κ3) is 4.61. The second-order valence-corrected chi connectivity index (χ2v) is 8.15. The van der Waals surface area contributed by atoms with Crippen molar-refractivity contribution in [1.82, 2.24) is 14.8 Å². The molecule has 2 atom stereocenters. The zero-order valence-electron chi connectivity index (χ0n) is 14.6. The summed E-state index contributed by atoms with van der Waals surface area (Å²) in [4.78, 5) is 22.5. The number of thioether (sulfide) groups is 1. The maximum atomic E-state index is 12.7. The minimum atomic E-state index is 0.276. The van der Waals surface area contributed by atoms with Crippen LogP contribution in [0.2, 0.25) is 0 Å². The van der Waals surface area contributed by atoms with Crippen LogP contribution in [0.25, 0.3) is 0 Å². The lowest BCUT2D eigenvalue weighted by Gasteiger charge is -2.35. The molecule has 0 radical (unpaired) electrons. The molecule has 2 bridgehead atoms. The summed E-state index contributed by atoms with van der Waals surface area (Å²) in [5, 5.41) is 0. The number of carbonyl (C=O) groups excluding carboxylic acids is 1. The van der Waals surface area contributed by atoms with E-state index >= 15 is 0 Å². The van der Waals surface area contributed by atoms with Crippen LogP contribution >= 0.6 is 11.8 Å². The Morgan fingerprint density at radius 3 is 2.79 bits per heavy atom. The number of nitrogens with zero attached hydrogens (tertiary/aromatic N) is 3. The molecule has 130 valence electrons. The van der Waals surface area contributed by atoms with Crippen LogP contribution in [-0.2, 0) is 4.79 Å². The Hall–Kier alpha value is -1.33. The van der Waals surface area contributed by atoms with Crippen LogP contribution in [0, 0.1) is 5.92 Å². The largest absolute Gasteiger partial charge is 0.340 e. The van der Waals surface area contributed by atoms with Gasteiger partial charge in [-0.25, -0.2) is 0 Å². The van der Waals surface area contributed by atoms with Gasteiger partial charge in [0.15, 0.2) is 0 Å². The van der Waals surface area contributed by atoms with Gasteiger partial charge in [-0.3, -0.25) is 14.7 Å². The van der Waals surface area contributed by atoms with Gasteiger partial charge in [0, 0.05) is 49.5 Å². The molecular formula is C19H27N3OS. The minimum Gasteiger partial charge on any atom is -0.340 e. The number of amides is 1. The summed E-state index contributed by atoms with van der Waals surface area (Å²) in [6.07, 6.45) is 8.35. The van der Waals surface area contributed by atoms with Crippen molar-refractivity contribution in [3.63, 3.8) is 0 Å². The number of allylic oxidation sites excluding steroid dienone is 1. The molecule has 3 fully saturated rings. The Bertz CT molecular complexity index is 586. The predicted molar refractivity (Wildman–Crippen MR) is 99.1 cm³/mol. The first kappa shape index (κ1) is 17.5. The summed E-state index contributed by atoms with van der Waals surface area (Å²) < 4.78 is 0. The van der Waals surface area contributed by atoms with Crippen molar-refractivity contribution in [2.45, 2.75) is 37.6 Å². The molecule has 0 saturated carbocycles. The van der Waals surface area contributed by atoms with Crippen molar-refractivity contribution in [2.24, 2.45) is 5.92 Å². The van der Waals surface area contributed by atoms with Crippen molar-refractivity contribution in [1.29, 1.82) is 0 Å². The zero-order chi connectivity index (χ0) is 16.9. The van der Waals surface area contributed by atoms with E-state index in [0.29, 0.717) is 17.7 Å². The first-order valence-electron chi connectivity index (χ1n) is 8.80. The molecule has 1 amide bonds. The molecule has 0 aromatic carbocycles. The molecule has 4 heterocycles. The van der Waals surface area contributed by atoms with Crippen LogP contribution in [0.3, 0.4) is 0 Å². The fourth-order valence-corrected chi connectivity index (χ4v) is 4.36. The molecule has 0 spiro atoms. The van der Waals surface area contributed by atoms with Crippen LogP contribution in [0.4, 0.5) is 0 Å². The molecule has 4 nitrogen and oxygen atoms in total. The highest BCUT2D eigenvalue weighted by Gasteiger charge is 2.35. The number of hydrogen-bond donors (Lipinski definition) is 0. The summed E-state index contributed by atoms with van der Waals surface area (Å²) in [7, 11) is 0. The van der Waals surface area contributed by atoms with Crippen molar-refractivity contribution < 1.29 is 4.79 Å². The molecule has 3 saturated heterocycles. The number of hydrogen-bond acceptors (Lipinski definition) is 4. The van der Waals surface area contributed by atoms with Gasteiger partial charge in [-0.1, -0.05) is 11.6 Å². The van der Waals surface area contributed by atoms with E-state index in [4.69, 9.17) is 0 Å². The van der Waals surface area contributed by atoms with E-state index in [0.717, 1.165) is 31.1 Å². The lowest BCUT2D eigenvalue weighted by Crippen LogP contribution is -2.44. The Balaban J connectivity index is 1.57. The second kappa shape index (κ2) is 8.17. The van der Waals surface area contributed by atoms with E-state index in [1.54, 1.807) is 24.2 Å². The Morgan fingerprint density at radius 2 is 2.04 bits per heavy atom. The third-order valence-corrected chi connectivity index (χ3v) is 5.92. The smallest absolute Gasteiger partial charge is 0.232 e. The topological polar surface area (TPSA) is 36.4 Å². The van der Waals surface area contributed by atoms with Gasteiger partial charge >= 0.3 is 0 Å². The number of pyridine rings is 1. The maximum Gasteiger partial charge on any atom is 0.232 e. The Morgan fingerprint density at radius 1 is 1.25 bits per heavy atom. The molecule has 5 heteroatoms. The second-order valence-electron chi connectivity index (χ2n) is 7.10. The number of fused-ring (bicyclic) bond motifs is 4. The van der Waals surface area contributed by atoms with Gasteiger partial charge in [0.25, 0.3) is 0 Å². The van der Waals surface area contributed by atoms with E-state index in [2.05, 4.69) is 34.7 Å². The highest BCUT2D eigenvalue weighted by atomic mass is 32.2. The fourth-order valence-electron chi connectivity index (χ4n) is 3.58. The third-order valence-electron chi connectivity index (χ3n) is 4.93. The monoisotopic (exact) mass is 345 g/mol. The fraction of sp³-hybridized carbons (Fsp3) is 0.579. The zero-order valence-corrected chi connectivity index (χ0v) is 15.5. The SMILES string of the molecule is CC(C)=CCN1C[C@H]2CC[C@@H]1CN(C(=O)CSc1ccncc1)C2. The van der Waals surface area contributed by atoms with E-state index < -0.39 is 0 Å². The summed E-state index contributed by atoms with van der Waals surface area (Å²) in [6.45, 7) is 8.29. The molecule has 4 rings (SSSR count). The Kier molecular flexibility index (Phi) is 5.95. The van der Waals surface area contributed by atoms with Gasteiger partial charge in [0.2, 0.25) is 5.91 Å². The first-order valence-corrected chi connectivity index (χ1v) is 9.78. The van der Waals surface area contributed by atoms with Crippen molar-refractivity contribution in [3.8, 4) is 0 Å². The molecule has 3 aliphatic rings. The van der Waals surface area contributed by atoms with Gasteiger partial charge in [-0.05, 0) is 44.7 Å². The lowest BCUT2D eigenvalue weighted by atomic mass is 9.95. The minimum absolute atomic E-state index is 0.276. The predicted octanol–water partition coefficient (Wildman–Crippen LogP) is 3.06. The number of rotatable bonds is 5. The van der Waals surface area contributed by atoms with Crippen LogP contribution in [0.1, 0.15) is 26.7 Å². The standard InChI is InChI=1S/C19H27N3OS/c1-15(2)7-10-21-11-16-3-4-17(21)13-22(12-16)19(23)14-24-18-5-8-20-9-6-18/h5-9,16-17H,3-4,10-14H2,1-2H3/t16-,17-/m1/s1. The van der Waals surface area contributed by atoms with Crippen LogP contribution < -0.4 is 0 Å². The highest BCUT2D eigenvalue weighted by Crippen LogP contribution is 2.28. The van der Waals surface area contributed by atoms with Crippen LogP contribution in [0.5, 0.6) is 0 Å². The average molecular weight is 346 g/mol. The molecule has 3 aliphatic heterocycles. The van der Waals surface area contributed by atoms with Crippen LogP contribution in [0.15, 0.2) is 41.1 Å². The maximum absolute atomic E-state index is 12.7. The van der Waals surface area contributed by atoms with Gasteiger partial charge in [0.05, 0.1) is 5.75 Å². The molecule has 24 heavy (non-hydrogen) atoms. The van der Waals surface area contributed by atoms with Crippen molar-refractivity contribution in [3.05, 3.63) is 36.2 Å². The normalized spacial score (nSPS) is 23.8. The quantitative estimate of drug-likeness (QED) is 0.607. The molecule has 0 aliphatic carbocycles. The van der Waals surface area contributed by atoms with E-state index in [1.165, 1.54) is 18.4 Å². The van der Waals surface area contributed by atoms with Crippen molar-refractivity contribution in [2.75, 3.05) is 31.9 Å². The van der Waals surface area contributed by atoms with Gasteiger partial charge < -0.3 is 4.90 Å². The van der Waals surface area contributed by atoms with E-state index in [-0.39, 0.29) is 5.91 Å². The van der Waals surface area contributed by atoms with Gasteiger partial charge in [-0.15, -0.1) is 11.8 Å². The number of aromatic nitrogens is 1. The average Bonchev–Trinajstić information content (AvgIpc) is 2.90. The van der Waals surface area contributed by atoms with E-state index in [1.807, 2.05) is 12.1 Å². The highest BCUT2D eigenvalue weighted by molar-refractivity contribution is 8.00. The van der Waals surface area contributed by atoms with Gasteiger partial charge in [-0.2, -0.15) is 0 Å².